The molecule has 4 saturated carbocycles. The van der Waals surface area contributed by atoms with Gasteiger partial charge in [0, 0.05) is 13.0 Å². The molecule has 7 nitrogen and oxygen atoms in total. The van der Waals surface area contributed by atoms with E-state index in [1.165, 1.54) is 36.8 Å². The first-order valence-electron chi connectivity index (χ1n) is 11.9. The third-order valence-corrected chi connectivity index (χ3v) is 9.59. The molecule has 4 aliphatic carbocycles. The van der Waals surface area contributed by atoms with Gasteiger partial charge in [-0.1, -0.05) is 6.92 Å². The van der Waals surface area contributed by atoms with Gasteiger partial charge in [-0.15, -0.1) is 10.2 Å². The summed E-state index contributed by atoms with van der Waals surface area (Å²) in [5.41, 5.74) is -0.497. The Kier molecular flexibility index (Phi) is 5.25. The van der Waals surface area contributed by atoms with Gasteiger partial charge in [0.25, 0.3) is 0 Å². The second kappa shape index (κ2) is 7.66. The number of hydrogen-bond acceptors (Lipinski definition) is 6. The molecule has 0 radical (unpaired) electrons. The van der Waals surface area contributed by atoms with E-state index in [-0.39, 0.29) is 23.7 Å². The smallest absolute Gasteiger partial charge is 0.162 e. The Morgan fingerprint density at radius 3 is 2.73 bits per heavy atom. The van der Waals surface area contributed by atoms with Crippen molar-refractivity contribution in [3.8, 4) is 0 Å². The minimum Gasteiger partial charge on any atom is -0.387 e. The van der Waals surface area contributed by atoms with Gasteiger partial charge in [-0.2, -0.15) is 4.80 Å². The number of fused-ring (bicyclic) bond motifs is 5. The number of carbonyl (C=O) groups excluding carboxylic acids is 1. The van der Waals surface area contributed by atoms with Gasteiger partial charge in [0.15, 0.2) is 12.1 Å². The number of aromatic nitrogens is 4. The second-order valence-electron chi connectivity index (χ2n) is 10.9. The van der Waals surface area contributed by atoms with Crippen molar-refractivity contribution < 1.29 is 14.6 Å². The predicted molar refractivity (Wildman–Crippen MR) is 110 cm³/mol. The normalized spacial score (nSPS) is 45.4. The summed E-state index contributed by atoms with van der Waals surface area (Å²) in [5, 5.41) is 22.6. The first-order chi connectivity index (χ1) is 14.4. The molecule has 0 spiro atoms. The van der Waals surface area contributed by atoms with Crippen molar-refractivity contribution in [2.24, 2.45) is 40.9 Å². The molecule has 1 aromatic heterocycles. The Morgan fingerprint density at radius 1 is 1.13 bits per heavy atom. The van der Waals surface area contributed by atoms with Crippen LogP contribution in [0.1, 0.15) is 64.7 Å². The number of ketones is 1. The van der Waals surface area contributed by atoms with Gasteiger partial charge in [-0.3, -0.25) is 4.79 Å². The number of nitrogens with zero attached hydrogens (tertiary/aromatic N) is 4. The summed E-state index contributed by atoms with van der Waals surface area (Å²) in [6, 6.07) is 0. The number of tetrazole rings is 1. The summed E-state index contributed by atoms with van der Waals surface area (Å²) in [7, 11) is 1.69. The van der Waals surface area contributed by atoms with E-state index in [4.69, 9.17) is 4.74 Å². The Balaban J connectivity index is 1.29. The molecule has 4 fully saturated rings. The predicted octanol–water partition coefficient (Wildman–Crippen LogP) is 2.89. The largest absolute Gasteiger partial charge is 0.387 e. The fourth-order valence-electron chi connectivity index (χ4n) is 8.40. The van der Waals surface area contributed by atoms with Gasteiger partial charge < -0.3 is 9.84 Å². The average molecular weight is 417 g/mol. The number of rotatable bonds is 5. The van der Waals surface area contributed by atoms with Crippen LogP contribution in [0, 0.1) is 40.9 Å². The van der Waals surface area contributed by atoms with Crippen molar-refractivity contribution in [3.63, 3.8) is 0 Å². The zero-order valence-electron chi connectivity index (χ0n) is 18.4. The summed E-state index contributed by atoms with van der Waals surface area (Å²) in [6.07, 6.45) is 11.4. The zero-order chi connectivity index (χ0) is 20.9. The number of methoxy groups -OCH3 is 1. The highest BCUT2D eigenvalue weighted by Crippen LogP contribution is 2.64. The molecule has 0 aliphatic heterocycles. The van der Waals surface area contributed by atoms with Crippen molar-refractivity contribution >= 4 is 5.78 Å². The maximum absolute atomic E-state index is 13.1. The van der Waals surface area contributed by atoms with E-state index in [0.717, 1.165) is 49.9 Å². The van der Waals surface area contributed by atoms with Crippen molar-refractivity contribution in [3.05, 3.63) is 6.33 Å². The van der Waals surface area contributed by atoms with Crippen LogP contribution in [0.2, 0.25) is 0 Å². The lowest BCUT2D eigenvalue weighted by molar-refractivity contribution is -0.137. The van der Waals surface area contributed by atoms with Crippen LogP contribution >= 0.6 is 0 Å². The fourth-order valence-corrected chi connectivity index (χ4v) is 8.40. The molecule has 0 aromatic carbocycles. The maximum atomic E-state index is 13.1. The number of carbonyl (C=O) groups is 1. The van der Waals surface area contributed by atoms with E-state index in [9.17, 15) is 9.90 Å². The lowest BCUT2D eigenvalue weighted by Crippen LogP contribution is -2.52. The Hall–Kier alpha value is -1.34. The average Bonchev–Trinajstić information content (AvgIpc) is 3.34. The molecule has 1 aromatic rings. The molecule has 0 saturated heterocycles. The van der Waals surface area contributed by atoms with Crippen molar-refractivity contribution in [2.45, 2.75) is 76.9 Å². The Morgan fingerprint density at radius 2 is 1.97 bits per heavy atom. The number of hydrogen-bond donors (Lipinski definition) is 1. The molecule has 7 heteroatoms. The van der Waals surface area contributed by atoms with Gasteiger partial charge in [0.2, 0.25) is 0 Å². The van der Waals surface area contributed by atoms with Crippen LogP contribution in [0.25, 0.3) is 0 Å². The molecule has 1 N–H and O–H groups in total. The number of ether oxygens (including phenoxy) is 1. The highest BCUT2D eigenvalue weighted by atomic mass is 16.5. The first-order valence-corrected chi connectivity index (χ1v) is 11.9. The minimum atomic E-state index is -0.619. The molecule has 1 heterocycles. The van der Waals surface area contributed by atoms with Crippen LogP contribution < -0.4 is 0 Å². The summed E-state index contributed by atoms with van der Waals surface area (Å²) >= 11 is 0. The summed E-state index contributed by atoms with van der Waals surface area (Å²) in [6.45, 7) is 3.11. The molecule has 166 valence electrons. The number of aliphatic hydroxyl groups is 1. The van der Waals surface area contributed by atoms with E-state index in [2.05, 4.69) is 22.3 Å². The van der Waals surface area contributed by atoms with Crippen LogP contribution in [0.15, 0.2) is 6.33 Å². The SMILES string of the molecule is COC[C@]1(O)CC[C@H]2[C@H](CC[C@@H]3[C@@H]2CC[C@]2(C)[C@@H](C(=O)Cn4ncnn4)CC[C@@H]32)C1. The topological polar surface area (TPSA) is 90.1 Å². The standard InChI is InChI=1S/C23H36N4O3/c1-22-9-7-17-16-8-10-23(29,13-30-2)11-15(16)3-4-18(17)19(22)5-6-20(22)21(28)12-27-25-14-24-26-27/h14-20,29H,3-13H2,1-2H3/t15-,16+,17-,18-,19+,20-,22+,23+/m1/s1. The summed E-state index contributed by atoms with van der Waals surface area (Å²) in [4.78, 5) is 14.6. The van der Waals surface area contributed by atoms with Gasteiger partial charge in [0.05, 0.1) is 12.2 Å². The molecule has 0 unspecified atom stereocenters. The van der Waals surface area contributed by atoms with E-state index >= 15 is 0 Å². The van der Waals surface area contributed by atoms with Gasteiger partial charge in [-0.05, 0) is 98.0 Å². The van der Waals surface area contributed by atoms with Gasteiger partial charge in [-0.25, -0.2) is 0 Å². The third kappa shape index (κ3) is 3.32. The molecule has 5 rings (SSSR count). The van der Waals surface area contributed by atoms with Crippen LogP contribution in [-0.4, -0.2) is 50.4 Å². The van der Waals surface area contributed by atoms with Crippen molar-refractivity contribution in [2.75, 3.05) is 13.7 Å². The minimum absolute atomic E-state index is 0.122. The summed E-state index contributed by atoms with van der Waals surface area (Å²) in [5.74, 6) is 3.99. The van der Waals surface area contributed by atoms with Crippen LogP contribution in [0.4, 0.5) is 0 Å². The fraction of sp³-hybridized carbons (Fsp3) is 0.913. The van der Waals surface area contributed by atoms with Gasteiger partial charge in [0.1, 0.15) is 6.54 Å². The molecule has 8 atom stereocenters. The first kappa shape index (κ1) is 20.6. The lowest BCUT2D eigenvalue weighted by Gasteiger charge is -2.57. The Bertz CT molecular complexity index is 771. The van der Waals surface area contributed by atoms with Crippen LogP contribution in [-0.2, 0) is 16.1 Å². The Labute approximate surface area is 178 Å². The summed E-state index contributed by atoms with van der Waals surface area (Å²) < 4.78 is 5.32. The van der Waals surface area contributed by atoms with E-state index < -0.39 is 5.60 Å². The quantitative estimate of drug-likeness (QED) is 0.794. The van der Waals surface area contributed by atoms with Gasteiger partial charge >= 0.3 is 0 Å². The molecule has 4 aliphatic rings. The third-order valence-electron chi connectivity index (χ3n) is 9.59. The molecular weight excluding hydrogens is 380 g/mol. The highest BCUT2D eigenvalue weighted by Gasteiger charge is 2.59. The zero-order valence-corrected chi connectivity index (χ0v) is 18.4. The van der Waals surface area contributed by atoms with Crippen molar-refractivity contribution in [1.82, 2.24) is 20.2 Å². The maximum Gasteiger partial charge on any atom is 0.162 e. The number of Topliss-reactive ketones (excluding diaryl/α,β-unsaturated/α-hetero) is 1. The van der Waals surface area contributed by atoms with E-state index in [1.807, 2.05) is 0 Å². The van der Waals surface area contributed by atoms with E-state index in [1.54, 1.807) is 7.11 Å². The van der Waals surface area contributed by atoms with Crippen molar-refractivity contribution in [1.29, 1.82) is 0 Å². The van der Waals surface area contributed by atoms with E-state index in [0.29, 0.717) is 18.4 Å². The molecule has 30 heavy (non-hydrogen) atoms. The lowest BCUT2D eigenvalue weighted by atomic mass is 9.49. The highest BCUT2D eigenvalue weighted by molar-refractivity contribution is 5.81. The second-order valence-corrected chi connectivity index (χ2v) is 10.9. The molecule has 0 amide bonds. The van der Waals surface area contributed by atoms with Crippen LogP contribution in [0.3, 0.4) is 0 Å². The molecular formula is C23H36N4O3. The monoisotopic (exact) mass is 416 g/mol. The van der Waals surface area contributed by atoms with Crippen LogP contribution in [0.5, 0.6) is 0 Å². The molecule has 0 bridgehead atoms.